The first-order chi connectivity index (χ1) is 9.52. The highest BCUT2D eigenvalue weighted by Gasteiger charge is 2.37. The highest BCUT2D eigenvalue weighted by Crippen LogP contribution is 2.35. The smallest absolute Gasteiger partial charge is 0.334 e. The maximum Gasteiger partial charge on any atom is 0.334 e. The van der Waals surface area contributed by atoms with E-state index in [4.69, 9.17) is 14.5 Å². The SMILES string of the molecule is C=C1CCC2C(=C)C(=O)OC2C=C(C)CCC1OOC. The summed E-state index contributed by atoms with van der Waals surface area (Å²) in [5, 5.41) is 0. The van der Waals surface area contributed by atoms with Crippen LogP contribution in [0.3, 0.4) is 0 Å². The van der Waals surface area contributed by atoms with Crippen LogP contribution < -0.4 is 0 Å². The predicted molar refractivity (Wildman–Crippen MR) is 75.8 cm³/mol. The van der Waals surface area contributed by atoms with E-state index in [0.29, 0.717) is 5.57 Å². The number of hydrogen-bond acceptors (Lipinski definition) is 4. The normalized spacial score (nSPS) is 31.6. The number of carbonyl (C=O) groups excluding carboxylic acids is 1. The van der Waals surface area contributed by atoms with Crippen LogP contribution in [-0.4, -0.2) is 25.3 Å². The van der Waals surface area contributed by atoms with E-state index in [1.165, 1.54) is 12.7 Å². The number of rotatable bonds is 2. The maximum absolute atomic E-state index is 11.7. The Hall–Kier alpha value is -1.39. The maximum atomic E-state index is 11.7. The van der Waals surface area contributed by atoms with Gasteiger partial charge < -0.3 is 4.74 Å². The molecule has 20 heavy (non-hydrogen) atoms. The van der Waals surface area contributed by atoms with Crippen LogP contribution in [0.5, 0.6) is 0 Å². The van der Waals surface area contributed by atoms with E-state index in [2.05, 4.69) is 13.2 Å². The molecule has 0 bridgehead atoms. The van der Waals surface area contributed by atoms with Crippen molar-refractivity contribution >= 4 is 5.97 Å². The fourth-order valence-electron chi connectivity index (χ4n) is 2.78. The molecule has 0 aromatic rings. The van der Waals surface area contributed by atoms with Gasteiger partial charge in [0, 0.05) is 11.5 Å². The summed E-state index contributed by atoms with van der Waals surface area (Å²) in [6.07, 6.45) is 5.01. The molecule has 0 radical (unpaired) electrons. The van der Waals surface area contributed by atoms with E-state index in [9.17, 15) is 4.79 Å². The van der Waals surface area contributed by atoms with Gasteiger partial charge in [-0.1, -0.05) is 18.7 Å². The van der Waals surface area contributed by atoms with E-state index in [0.717, 1.165) is 31.3 Å². The molecule has 1 saturated heterocycles. The van der Waals surface area contributed by atoms with Gasteiger partial charge in [0.2, 0.25) is 0 Å². The molecular formula is C16H22O4. The Morgan fingerprint density at radius 1 is 1.30 bits per heavy atom. The lowest BCUT2D eigenvalue weighted by atomic mass is 9.86. The van der Waals surface area contributed by atoms with Crippen LogP contribution in [0.25, 0.3) is 0 Å². The molecule has 1 aliphatic carbocycles. The molecule has 1 heterocycles. The summed E-state index contributed by atoms with van der Waals surface area (Å²) in [6, 6.07) is 0. The van der Waals surface area contributed by atoms with Crippen molar-refractivity contribution < 1.29 is 19.3 Å². The highest BCUT2D eigenvalue weighted by molar-refractivity contribution is 5.91. The van der Waals surface area contributed by atoms with Crippen LogP contribution in [-0.2, 0) is 19.3 Å². The summed E-state index contributed by atoms with van der Waals surface area (Å²) in [7, 11) is 1.51. The van der Waals surface area contributed by atoms with Gasteiger partial charge in [0.05, 0.1) is 7.11 Å². The Balaban J connectivity index is 2.19. The molecule has 3 atom stereocenters. The third-order valence-electron chi connectivity index (χ3n) is 4.04. The second-order valence-electron chi connectivity index (χ2n) is 5.50. The fraction of sp³-hybridized carbons (Fsp3) is 0.562. The lowest BCUT2D eigenvalue weighted by molar-refractivity contribution is -0.297. The first-order valence-electron chi connectivity index (χ1n) is 6.97. The van der Waals surface area contributed by atoms with Crippen LogP contribution in [0.1, 0.15) is 32.6 Å². The molecule has 4 heteroatoms. The summed E-state index contributed by atoms with van der Waals surface area (Å²) < 4.78 is 5.39. The predicted octanol–water partition coefficient (Wildman–Crippen LogP) is 3.11. The minimum absolute atomic E-state index is 0.0375. The van der Waals surface area contributed by atoms with E-state index in [-0.39, 0.29) is 24.1 Å². The lowest BCUT2D eigenvalue weighted by Gasteiger charge is -2.23. The van der Waals surface area contributed by atoms with Crippen LogP contribution in [0.2, 0.25) is 0 Å². The summed E-state index contributed by atoms with van der Waals surface area (Å²) in [5.41, 5.74) is 2.74. The standard InChI is InChI=1S/C16H22O4/c1-10-5-8-14(20-18-4)11(2)6-7-13-12(3)16(17)19-15(13)9-10/h9,13-15H,2-3,5-8H2,1,4H3. The van der Waals surface area contributed by atoms with Crippen molar-refractivity contribution in [3.05, 3.63) is 36.0 Å². The van der Waals surface area contributed by atoms with Crippen molar-refractivity contribution in [3.63, 3.8) is 0 Å². The first-order valence-corrected chi connectivity index (χ1v) is 6.97. The molecule has 3 unspecified atom stereocenters. The number of fused-ring (bicyclic) bond motifs is 1. The fourth-order valence-corrected chi connectivity index (χ4v) is 2.78. The van der Waals surface area contributed by atoms with Crippen molar-refractivity contribution in [1.29, 1.82) is 0 Å². The van der Waals surface area contributed by atoms with E-state index in [1.54, 1.807) is 0 Å². The Morgan fingerprint density at radius 2 is 2.05 bits per heavy atom. The van der Waals surface area contributed by atoms with E-state index >= 15 is 0 Å². The van der Waals surface area contributed by atoms with Gasteiger partial charge in [0.15, 0.2) is 0 Å². The largest absolute Gasteiger partial charge is 0.454 e. The van der Waals surface area contributed by atoms with Gasteiger partial charge in [-0.3, -0.25) is 0 Å². The van der Waals surface area contributed by atoms with Crippen LogP contribution in [0.4, 0.5) is 0 Å². The second kappa shape index (κ2) is 6.37. The van der Waals surface area contributed by atoms with Gasteiger partial charge in [-0.2, -0.15) is 0 Å². The molecule has 110 valence electrons. The summed E-state index contributed by atoms with van der Waals surface area (Å²) >= 11 is 0. The molecule has 4 nitrogen and oxygen atoms in total. The van der Waals surface area contributed by atoms with Crippen molar-refractivity contribution in [1.82, 2.24) is 0 Å². The van der Waals surface area contributed by atoms with Gasteiger partial charge in [0.25, 0.3) is 0 Å². The van der Waals surface area contributed by atoms with Crippen molar-refractivity contribution in [3.8, 4) is 0 Å². The lowest BCUT2D eigenvalue weighted by Crippen LogP contribution is -2.20. The first kappa shape index (κ1) is 15.0. The summed E-state index contributed by atoms with van der Waals surface area (Å²) in [5.74, 6) is -0.242. The molecule has 2 rings (SSSR count). The van der Waals surface area contributed by atoms with Gasteiger partial charge >= 0.3 is 5.97 Å². The molecule has 0 N–H and O–H groups in total. The number of hydrogen-bond donors (Lipinski definition) is 0. The Kier molecular flexibility index (Phi) is 4.78. The Labute approximate surface area is 120 Å². The molecule has 1 fully saturated rings. The zero-order valence-corrected chi connectivity index (χ0v) is 12.2. The Bertz CT molecular complexity index is 449. The number of esters is 1. The van der Waals surface area contributed by atoms with Gasteiger partial charge in [0.1, 0.15) is 12.2 Å². The molecular weight excluding hydrogens is 256 g/mol. The summed E-state index contributed by atoms with van der Waals surface area (Å²) in [4.78, 5) is 21.8. The topological polar surface area (TPSA) is 44.8 Å². The zero-order valence-electron chi connectivity index (χ0n) is 12.2. The number of ether oxygens (including phenoxy) is 1. The molecule has 0 aromatic carbocycles. The number of carbonyl (C=O) groups is 1. The van der Waals surface area contributed by atoms with Crippen molar-refractivity contribution in [2.75, 3.05) is 7.11 Å². The monoisotopic (exact) mass is 278 g/mol. The molecule has 2 aliphatic rings. The Morgan fingerprint density at radius 3 is 2.75 bits per heavy atom. The van der Waals surface area contributed by atoms with Gasteiger partial charge in [-0.25, -0.2) is 14.6 Å². The average Bonchev–Trinajstić information content (AvgIpc) is 2.66. The van der Waals surface area contributed by atoms with Crippen LogP contribution >= 0.6 is 0 Å². The van der Waals surface area contributed by atoms with E-state index in [1.807, 2.05) is 13.0 Å². The quantitative estimate of drug-likeness (QED) is 0.256. The second-order valence-corrected chi connectivity index (χ2v) is 5.50. The average molecular weight is 278 g/mol. The molecule has 0 saturated carbocycles. The minimum atomic E-state index is -0.279. The third kappa shape index (κ3) is 3.19. The minimum Gasteiger partial charge on any atom is -0.454 e. The molecule has 0 spiro atoms. The molecule has 0 amide bonds. The van der Waals surface area contributed by atoms with Crippen molar-refractivity contribution in [2.24, 2.45) is 5.92 Å². The van der Waals surface area contributed by atoms with Crippen LogP contribution in [0, 0.1) is 5.92 Å². The summed E-state index contributed by atoms with van der Waals surface area (Å²) in [6.45, 7) is 10.00. The van der Waals surface area contributed by atoms with Gasteiger partial charge in [-0.05, 0) is 44.3 Å². The van der Waals surface area contributed by atoms with Crippen LogP contribution in [0.15, 0.2) is 36.0 Å². The highest BCUT2D eigenvalue weighted by atomic mass is 17.2. The zero-order chi connectivity index (χ0) is 14.7. The molecule has 0 aromatic heterocycles. The van der Waals surface area contributed by atoms with Gasteiger partial charge in [-0.15, -0.1) is 0 Å². The van der Waals surface area contributed by atoms with Crippen molar-refractivity contribution in [2.45, 2.75) is 44.8 Å². The number of allylic oxidation sites excluding steroid dienone is 1. The van der Waals surface area contributed by atoms with E-state index < -0.39 is 0 Å². The molecule has 1 aliphatic heterocycles. The third-order valence-corrected chi connectivity index (χ3v) is 4.04.